The van der Waals surface area contributed by atoms with Gasteiger partial charge in [-0.15, -0.1) is 0 Å². The third-order valence-corrected chi connectivity index (χ3v) is 4.36. The summed E-state index contributed by atoms with van der Waals surface area (Å²) in [4.78, 5) is 26.9. The van der Waals surface area contributed by atoms with Crippen LogP contribution in [-0.4, -0.2) is 57.6 Å². The molecule has 0 saturated heterocycles. The average molecular weight is 368 g/mol. The van der Waals surface area contributed by atoms with Crippen LogP contribution in [0.1, 0.15) is 11.4 Å². The van der Waals surface area contributed by atoms with E-state index in [9.17, 15) is 9.59 Å². The summed E-state index contributed by atoms with van der Waals surface area (Å²) in [5.41, 5.74) is 2.35. The van der Waals surface area contributed by atoms with Gasteiger partial charge in [-0.25, -0.2) is 9.36 Å². The number of para-hydroxylation sites is 1. The lowest BCUT2D eigenvalue weighted by atomic mass is 10.2. The molecule has 8 nitrogen and oxygen atoms in total. The van der Waals surface area contributed by atoms with Crippen LogP contribution in [0.5, 0.6) is 0 Å². The van der Waals surface area contributed by atoms with Crippen molar-refractivity contribution in [1.29, 1.82) is 0 Å². The smallest absolute Gasteiger partial charge is 0.295 e. The Morgan fingerprint density at radius 1 is 1.15 bits per heavy atom. The van der Waals surface area contributed by atoms with Gasteiger partial charge in [-0.1, -0.05) is 18.2 Å². The highest BCUT2D eigenvalue weighted by molar-refractivity contribution is 5.83. The molecule has 27 heavy (non-hydrogen) atoms. The lowest BCUT2D eigenvalue weighted by molar-refractivity contribution is -0.121. The molecule has 0 aliphatic rings. The number of fused-ring (bicyclic) bond motifs is 1. The molecule has 0 saturated carbocycles. The summed E-state index contributed by atoms with van der Waals surface area (Å²) in [7, 11) is 3.86. The first-order chi connectivity index (χ1) is 12.9. The molecule has 2 aromatic heterocycles. The number of hydrogen-bond acceptors (Lipinski definition) is 5. The summed E-state index contributed by atoms with van der Waals surface area (Å²) in [5.74, 6) is -0.246. The zero-order chi connectivity index (χ0) is 19.6. The minimum atomic E-state index is -0.365. The Kier molecular flexibility index (Phi) is 5.36. The zero-order valence-corrected chi connectivity index (χ0v) is 16.1. The maximum atomic E-state index is 12.8. The monoisotopic (exact) mass is 368 g/mol. The van der Waals surface area contributed by atoms with Crippen molar-refractivity contribution in [2.75, 3.05) is 27.2 Å². The van der Waals surface area contributed by atoms with Crippen LogP contribution in [0.15, 0.2) is 35.1 Å². The molecule has 3 rings (SSSR count). The van der Waals surface area contributed by atoms with Gasteiger partial charge in [0, 0.05) is 13.1 Å². The number of likely N-dealkylation sites (N-methyl/N-ethyl adjacent to an activating group) is 1. The Hall–Kier alpha value is -3.00. The highest BCUT2D eigenvalue weighted by atomic mass is 16.2. The number of benzene rings is 1. The Morgan fingerprint density at radius 2 is 1.85 bits per heavy atom. The molecule has 0 aliphatic heterocycles. The number of carbonyl (C=O) groups excluding carboxylic acids is 1. The molecular formula is C19H24N6O2. The zero-order valence-electron chi connectivity index (χ0n) is 16.1. The largest absolute Gasteiger partial charge is 0.353 e. The van der Waals surface area contributed by atoms with E-state index in [1.165, 1.54) is 4.68 Å². The summed E-state index contributed by atoms with van der Waals surface area (Å²) in [5, 5.41) is 12.4. The number of nitrogens with one attached hydrogen (secondary N) is 1. The maximum absolute atomic E-state index is 12.8. The topological polar surface area (TPSA) is 85.1 Å². The fraction of sp³-hybridized carbons (Fsp3) is 0.368. The standard InChI is InChI=1S/C19H24N6O2/c1-13-17-14(2)25(15-8-6-5-7-9-15)22-18(17)19(27)24(21-13)12-16(26)20-10-11-23(3)4/h5-9H,10-12H2,1-4H3,(H,20,26). The van der Waals surface area contributed by atoms with Gasteiger partial charge in [-0.3, -0.25) is 9.59 Å². The second kappa shape index (κ2) is 7.71. The van der Waals surface area contributed by atoms with E-state index in [1.807, 2.05) is 63.2 Å². The van der Waals surface area contributed by atoms with Crippen LogP contribution in [0.25, 0.3) is 16.6 Å². The summed E-state index contributed by atoms with van der Waals surface area (Å²) >= 11 is 0. The number of rotatable bonds is 6. The quantitative estimate of drug-likeness (QED) is 0.698. The van der Waals surface area contributed by atoms with Crippen LogP contribution >= 0.6 is 0 Å². The molecule has 1 N–H and O–H groups in total. The number of aryl methyl sites for hydroxylation is 2. The fourth-order valence-corrected chi connectivity index (χ4v) is 3.02. The molecule has 1 amide bonds. The highest BCUT2D eigenvalue weighted by Crippen LogP contribution is 2.20. The van der Waals surface area contributed by atoms with E-state index in [1.54, 1.807) is 4.68 Å². The van der Waals surface area contributed by atoms with Crippen molar-refractivity contribution in [2.45, 2.75) is 20.4 Å². The van der Waals surface area contributed by atoms with Crippen LogP contribution in [0.4, 0.5) is 0 Å². The first-order valence-electron chi connectivity index (χ1n) is 8.82. The van der Waals surface area contributed by atoms with Gasteiger partial charge in [-0.05, 0) is 40.1 Å². The van der Waals surface area contributed by atoms with Gasteiger partial charge in [0.25, 0.3) is 5.56 Å². The number of amides is 1. The minimum absolute atomic E-state index is 0.125. The summed E-state index contributed by atoms with van der Waals surface area (Å²) in [6, 6.07) is 9.62. The molecule has 0 bridgehead atoms. The van der Waals surface area contributed by atoms with E-state index in [4.69, 9.17) is 0 Å². The molecule has 0 spiro atoms. The normalized spacial score (nSPS) is 11.3. The van der Waals surface area contributed by atoms with E-state index < -0.39 is 0 Å². The van der Waals surface area contributed by atoms with Crippen molar-refractivity contribution >= 4 is 16.8 Å². The maximum Gasteiger partial charge on any atom is 0.295 e. The van der Waals surface area contributed by atoms with E-state index in [-0.39, 0.29) is 18.0 Å². The number of hydrogen-bond donors (Lipinski definition) is 1. The van der Waals surface area contributed by atoms with Crippen molar-refractivity contribution < 1.29 is 4.79 Å². The van der Waals surface area contributed by atoms with Crippen molar-refractivity contribution in [2.24, 2.45) is 0 Å². The highest BCUT2D eigenvalue weighted by Gasteiger charge is 2.18. The number of aromatic nitrogens is 4. The number of carbonyl (C=O) groups is 1. The van der Waals surface area contributed by atoms with Crippen LogP contribution in [0.2, 0.25) is 0 Å². The molecular weight excluding hydrogens is 344 g/mol. The van der Waals surface area contributed by atoms with Gasteiger partial charge in [0.2, 0.25) is 5.91 Å². The van der Waals surface area contributed by atoms with Gasteiger partial charge in [-0.2, -0.15) is 10.2 Å². The summed E-state index contributed by atoms with van der Waals surface area (Å²) in [6.45, 7) is 4.86. The van der Waals surface area contributed by atoms with E-state index >= 15 is 0 Å². The molecule has 0 unspecified atom stereocenters. The Labute approximate surface area is 157 Å². The molecule has 142 valence electrons. The van der Waals surface area contributed by atoms with Gasteiger partial charge < -0.3 is 10.2 Å². The van der Waals surface area contributed by atoms with Crippen LogP contribution in [-0.2, 0) is 11.3 Å². The molecule has 0 radical (unpaired) electrons. The Balaban J connectivity index is 1.94. The van der Waals surface area contributed by atoms with E-state index in [2.05, 4.69) is 15.5 Å². The van der Waals surface area contributed by atoms with Crippen molar-refractivity contribution in [3.05, 3.63) is 52.1 Å². The fourth-order valence-electron chi connectivity index (χ4n) is 3.02. The molecule has 1 aromatic carbocycles. The molecule has 3 aromatic rings. The molecule has 8 heteroatoms. The molecule has 0 atom stereocenters. The first-order valence-corrected chi connectivity index (χ1v) is 8.82. The van der Waals surface area contributed by atoms with Crippen LogP contribution < -0.4 is 10.9 Å². The second-order valence-electron chi connectivity index (χ2n) is 6.76. The molecule has 2 heterocycles. The number of nitrogens with zero attached hydrogens (tertiary/aromatic N) is 5. The van der Waals surface area contributed by atoms with Gasteiger partial charge in [0.05, 0.1) is 22.5 Å². The molecule has 0 aliphatic carbocycles. The third kappa shape index (κ3) is 3.90. The predicted octanol–water partition coefficient (Wildman–Crippen LogP) is 0.877. The van der Waals surface area contributed by atoms with Crippen molar-refractivity contribution in [3.63, 3.8) is 0 Å². The first kappa shape index (κ1) is 18.8. The predicted molar refractivity (Wildman–Crippen MR) is 104 cm³/mol. The molecule has 0 fully saturated rings. The van der Waals surface area contributed by atoms with Gasteiger partial charge in [0.15, 0.2) is 5.52 Å². The van der Waals surface area contributed by atoms with Gasteiger partial charge in [0.1, 0.15) is 6.54 Å². The van der Waals surface area contributed by atoms with Crippen LogP contribution in [0.3, 0.4) is 0 Å². The Morgan fingerprint density at radius 3 is 2.52 bits per heavy atom. The van der Waals surface area contributed by atoms with Crippen molar-refractivity contribution in [1.82, 2.24) is 29.8 Å². The minimum Gasteiger partial charge on any atom is -0.353 e. The third-order valence-electron chi connectivity index (χ3n) is 4.36. The van der Waals surface area contributed by atoms with E-state index in [0.29, 0.717) is 17.8 Å². The summed E-state index contributed by atoms with van der Waals surface area (Å²) < 4.78 is 2.92. The Bertz CT molecular complexity index is 1020. The van der Waals surface area contributed by atoms with Gasteiger partial charge >= 0.3 is 0 Å². The van der Waals surface area contributed by atoms with Crippen molar-refractivity contribution in [3.8, 4) is 5.69 Å². The lowest BCUT2D eigenvalue weighted by Crippen LogP contribution is -2.37. The average Bonchev–Trinajstić information content (AvgIpc) is 2.98. The SMILES string of the molecule is Cc1nn(CC(=O)NCCN(C)C)c(=O)c2nn(-c3ccccc3)c(C)c12. The lowest BCUT2D eigenvalue weighted by Gasteiger charge is -2.11. The van der Waals surface area contributed by atoms with E-state index in [0.717, 1.165) is 23.3 Å². The second-order valence-corrected chi connectivity index (χ2v) is 6.76. The van der Waals surface area contributed by atoms with Crippen LogP contribution in [0, 0.1) is 13.8 Å². The summed E-state index contributed by atoms with van der Waals surface area (Å²) in [6.07, 6.45) is 0.